The van der Waals surface area contributed by atoms with Gasteiger partial charge in [-0.3, -0.25) is 9.59 Å². The zero-order valence-electron chi connectivity index (χ0n) is 22.2. The molecule has 4 rings (SSSR count). The minimum absolute atomic E-state index is 0.0607. The number of amides is 2. The normalized spacial score (nSPS) is 14.4. The van der Waals surface area contributed by atoms with Crippen molar-refractivity contribution in [3.05, 3.63) is 99.5 Å². The van der Waals surface area contributed by atoms with Crippen molar-refractivity contribution < 1.29 is 14.3 Å². The fourth-order valence-electron chi connectivity index (χ4n) is 5.02. The van der Waals surface area contributed by atoms with Gasteiger partial charge in [0.2, 0.25) is 11.8 Å². The van der Waals surface area contributed by atoms with E-state index in [9.17, 15) is 9.59 Å². The van der Waals surface area contributed by atoms with Crippen molar-refractivity contribution in [3.63, 3.8) is 0 Å². The first-order valence-corrected chi connectivity index (χ1v) is 14.9. The standard InChI is InChI=1S/C32H36BrClN2O3/c33-26-12-7-11-25(21-26)23-36(31(37)15-8-20-39-29-18-16-27(34)17-19-29)30(22-24-9-3-1-4-10-24)32(38)35-28-13-5-2-6-14-28/h1,3-4,7,9-12,16-19,21,28,30H,2,5-6,8,13-15,20,22-23H2,(H,35,38). The van der Waals surface area contributed by atoms with Crippen LogP contribution in [0.5, 0.6) is 5.75 Å². The summed E-state index contributed by atoms with van der Waals surface area (Å²) in [5.74, 6) is 0.576. The van der Waals surface area contributed by atoms with Crippen molar-refractivity contribution >= 4 is 39.3 Å². The van der Waals surface area contributed by atoms with Gasteiger partial charge in [0.1, 0.15) is 11.8 Å². The summed E-state index contributed by atoms with van der Waals surface area (Å²) in [7, 11) is 0. The number of ether oxygens (including phenoxy) is 1. The lowest BCUT2D eigenvalue weighted by Gasteiger charge is -2.33. The van der Waals surface area contributed by atoms with Crippen LogP contribution in [0.1, 0.15) is 56.1 Å². The molecule has 3 aromatic rings. The summed E-state index contributed by atoms with van der Waals surface area (Å²) >= 11 is 9.50. The Hall–Kier alpha value is -2.83. The topological polar surface area (TPSA) is 58.6 Å². The molecule has 1 N–H and O–H groups in total. The Morgan fingerprint density at radius 1 is 0.949 bits per heavy atom. The molecule has 5 nitrogen and oxygen atoms in total. The molecule has 1 unspecified atom stereocenters. The summed E-state index contributed by atoms with van der Waals surface area (Å²) < 4.78 is 6.75. The number of rotatable bonds is 12. The van der Waals surface area contributed by atoms with Gasteiger partial charge in [0.25, 0.3) is 0 Å². The van der Waals surface area contributed by atoms with Crippen molar-refractivity contribution in [1.82, 2.24) is 10.2 Å². The highest BCUT2D eigenvalue weighted by molar-refractivity contribution is 9.10. The van der Waals surface area contributed by atoms with Crippen LogP contribution in [0.2, 0.25) is 5.02 Å². The van der Waals surface area contributed by atoms with Crippen LogP contribution < -0.4 is 10.1 Å². The third kappa shape index (κ3) is 9.40. The van der Waals surface area contributed by atoms with Crippen LogP contribution in [0.4, 0.5) is 0 Å². The highest BCUT2D eigenvalue weighted by atomic mass is 79.9. The lowest BCUT2D eigenvalue weighted by Crippen LogP contribution is -2.52. The van der Waals surface area contributed by atoms with E-state index in [0.717, 1.165) is 41.3 Å². The minimum atomic E-state index is -0.613. The molecule has 0 bridgehead atoms. The van der Waals surface area contributed by atoms with E-state index in [1.165, 1.54) is 6.42 Å². The van der Waals surface area contributed by atoms with E-state index in [-0.39, 0.29) is 24.3 Å². The molecule has 0 aliphatic heterocycles. The second kappa shape index (κ2) is 15.1. The maximum atomic E-state index is 13.8. The van der Waals surface area contributed by atoms with Gasteiger partial charge in [-0.2, -0.15) is 0 Å². The Morgan fingerprint density at radius 3 is 2.38 bits per heavy atom. The summed E-state index contributed by atoms with van der Waals surface area (Å²) in [4.78, 5) is 29.3. The lowest BCUT2D eigenvalue weighted by atomic mass is 9.94. The highest BCUT2D eigenvalue weighted by Crippen LogP contribution is 2.22. The van der Waals surface area contributed by atoms with E-state index in [4.69, 9.17) is 16.3 Å². The Bertz CT molecular complexity index is 1200. The number of carbonyl (C=O) groups is 2. The first kappa shape index (κ1) is 29.2. The van der Waals surface area contributed by atoms with Crippen LogP contribution in [0.15, 0.2) is 83.3 Å². The summed E-state index contributed by atoms with van der Waals surface area (Å²) in [5.41, 5.74) is 2.00. The smallest absolute Gasteiger partial charge is 0.243 e. The minimum Gasteiger partial charge on any atom is -0.494 e. The van der Waals surface area contributed by atoms with Crippen molar-refractivity contribution in [2.24, 2.45) is 0 Å². The Balaban J connectivity index is 1.51. The van der Waals surface area contributed by atoms with Crippen LogP contribution >= 0.6 is 27.5 Å². The molecule has 7 heteroatoms. The van der Waals surface area contributed by atoms with E-state index < -0.39 is 6.04 Å². The maximum absolute atomic E-state index is 13.8. The van der Waals surface area contributed by atoms with Gasteiger partial charge in [-0.15, -0.1) is 0 Å². The largest absolute Gasteiger partial charge is 0.494 e. The molecule has 1 aliphatic carbocycles. The van der Waals surface area contributed by atoms with Crippen molar-refractivity contribution in [1.29, 1.82) is 0 Å². The van der Waals surface area contributed by atoms with Crippen molar-refractivity contribution in [2.45, 2.75) is 70.0 Å². The molecule has 0 radical (unpaired) electrons. The first-order valence-electron chi connectivity index (χ1n) is 13.7. The second-order valence-electron chi connectivity index (χ2n) is 10.1. The summed E-state index contributed by atoms with van der Waals surface area (Å²) in [6, 6.07) is 24.6. The van der Waals surface area contributed by atoms with Gasteiger partial charge >= 0.3 is 0 Å². The number of hydrogen-bond acceptors (Lipinski definition) is 3. The molecule has 3 aromatic carbocycles. The molecule has 2 amide bonds. The van der Waals surface area contributed by atoms with Crippen molar-refractivity contribution in [3.8, 4) is 5.75 Å². The fourth-order valence-corrected chi connectivity index (χ4v) is 5.59. The lowest BCUT2D eigenvalue weighted by molar-refractivity contribution is -0.141. The molecular weight excluding hydrogens is 576 g/mol. The van der Waals surface area contributed by atoms with E-state index in [1.54, 1.807) is 17.0 Å². The molecule has 0 heterocycles. The maximum Gasteiger partial charge on any atom is 0.243 e. The van der Waals surface area contributed by atoms with E-state index in [0.29, 0.717) is 36.8 Å². The second-order valence-corrected chi connectivity index (χ2v) is 11.5. The molecule has 1 atom stereocenters. The third-order valence-electron chi connectivity index (χ3n) is 7.08. The molecule has 0 aromatic heterocycles. The van der Waals surface area contributed by atoms with Crippen LogP contribution in [-0.2, 0) is 22.6 Å². The Kier molecular flexibility index (Phi) is 11.3. The first-order chi connectivity index (χ1) is 19.0. The quantitative estimate of drug-likeness (QED) is 0.218. The average molecular weight is 612 g/mol. The van der Waals surface area contributed by atoms with E-state index >= 15 is 0 Å². The van der Waals surface area contributed by atoms with Gasteiger partial charge in [-0.1, -0.05) is 89.3 Å². The van der Waals surface area contributed by atoms with E-state index in [1.807, 2.05) is 66.7 Å². The Morgan fingerprint density at radius 2 is 1.67 bits per heavy atom. The molecule has 0 spiro atoms. The van der Waals surface area contributed by atoms with Gasteiger partial charge in [0.05, 0.1) is 6.61 Å². The predicted octanol–water partition coefficient (Wildman–Crippen LogP) is 7.35. The van der Waals surface area contributed by atoms with Crippen LogP contribution in [0, 0.1) is 0 Å². The zero-order chi connectivity index (χ0) is 27.5. The highest BCUT2D eigenvalue weighted by Gasteiger charge is 2.31. The number of halogens is 2. The molecule has 0 saturated heterocycles. The van der Waals surface area contributed by atoms with Gasteiger partial charge in [-0.25, -0.2) is 0 Å². The predicted molar refractivity (Wildman–Crippen MR) is 160 cm³/mol. The zero-order valence-corrected chi connectivity index (χ0v) is 24.5. The van der Waals surface area contributed by atoms with Gasteiger partial charge in [-0.05, 0) is 66.8 Å². The number of carbonyl (C=O) groups excluding carboxylic acids is 2. The summed E-state index contributed by atoms with van der Waals surface area (Å²) in [6.45, 7) is 0.752. The van der Waals surface area contributed by atoms with E-state index in [2.05, 4.69) is 21.2 Å². The average Bonchev–Trinajstić information content (AvgIpc) is 2.95. The molecule has 206 valence electrons. The van der Waals surface area contributed by atoms with Crippen LogP contribution in [0.25, 0.3) is 0 Å². The number of benzene rings is 3. The molecule has 1 fully saturated rings. The molecular formula is C32H36BrClN2O3. The number of nitrogens with zero attached hydrogens (tertiary/aromatic N) is 1. The number of hydrogen-bond donors (Lipinski definition) is 1. The Labute approximate surface area is 245 Å². The monoisotopic (exact) mass is 610 g/mol. The van der Waals surface area contributed by atoms with Crippen LogP contribution in [-0.4, -0.2) is 35.4 Å². The van der Waals surface area contributed by atoms with Crippen molar-refractivity contribution in [2.75, 3.05) is 6.61 Å². The third-order valence-corrected chi connectivity index (χ3v) is 7.83. The van der Waals surface area contributed by atoms with Crippen LogP contribution in [0.3, 0.4) is 0 Å². The summed E-state index contributed by atoms with van der Waals surface area (Å²) in [6.07, 6.45) is 6.73. The number of nitrogens with one attached hydrogen (secondary N) is 1. The molecule has 39 heavy (non-hydrogen) atoms. The van der Waals surface area contributed by atoms with Gasteiger partial charge < -0.3 is 15.0 Å². The molecule has 1 aliphatic rings. The summed E-state index contributed by atoms with van der Waals surface area (Å²) in [5, 5.41) is 3.94. The fraction of sp³-hybridized carbons (Fsp3) is 0.375. The molecule has 1 saturated carbocycles. The van der Waals surface area contributed by atoms with Gasteiger partial charge in [0.15, 0.2) is 0 Å². The van der Waals surface area contributed by atoms with Gasteiger partial charge in [0, 0.05) is 34.9 Å². The SMILES string of the molecule is O=C(NC1CCCCC1)C(Cc1ccccc1)N(Cc1cccc(Br)c1)C(=O)CCCOc1ccc(Cl)cc1.